The van der Waals surface area contributed by atoms with E-state index in [0.29, 0.717) is 37.1 Å². The van der Waals surface area contributed by atoms with Crippen LogP contribution in [0.25, 0.3) is 0 Å². The van der Waals surface area contributed by atoms with Crippen LogP contribution in [0.3, 0.4) is 0 Å². The molecule has 0 bridgehead atoms. The van der Waals surface area contributed by atoms with Crippen LogP contribution in [0, 0.1) is 0 Å². The molecule has 2 aromatic rings. The van der Waals surface area contributed by atoms with Crippen molar-refractivity contribution in [1.82, 2.24) is 10.2 Å². The number of nitrogens with zero attached hydrogens (tertiary/aromatic N) is 2. The fourth-order valence-corrected chi connectivity index (χ4v) is 4.29. The summed E-state index contributed by atoms with van der Waals surface area (Å²) < 4.78 is 11.8. The molecular weight excluding hydrogens is 538 g/mol. The van der Waals surface area contributed by atoms with Crippen molar-refractivity contribution in [2.24, 2.45) is 0 Å². The van der Waals surface area contributed by atoms with E-state index in [1.165, 1.54) is 31.5 Å². The maximum atomic E-state index is 10.1. The zero-order chi connectivity index (χ0) is 30.6. The second kappa shape index (κ2) is 20.3. The third kappa shape index (κ3) is 15.4. The van der Waals surface area contributed by atoms with E-state index in [9.17, 15) is 14.7 Å². The lowest BCUT2D eigenvalue weighted by molar-refractivity contribution is -0.134. The van der Waals surface area contributed by atoms with Gasteiger partial charge in [0.25, 0.3) is 0 Å². The van der Waals surface area contributed by atoms with Crippen LogP contribution in [-0.4, -0.2) is 96.8 Å². The quantitative estimate of drug-likeness (QED) is 0.160. The molecule has 0 unspecified atom stereocenters. The van der Waals surface area contributed by atoms with E-state index in [4.69, 9.17) is 19.7 Å². The number of rotatable bonds is 17. The van der Waals surface area contributed by atoms with Gasteiger partial charge in [0.2, 0.25) is 0 Å². The average Bonchev–Trinajstić information content (AvgIpc) is 2.99. The van der Waals surface area contributed by atoms with E-state index >= 15 is 0 Å². The molecule has 1 heterocycles. The van der Waals surface area contributed by atoms with Crippen molar-refractivity contribution in [3.8, 4) is 11.5 Å². The molecule has 0 amide bonds. The van der Waals surface area contributed by atoms with Gasteiger partial charge in [0, 0.05) is 56.6 Å². The molecule has 0 saturated carbocycles. The summed E-state index contributed by atoms with van der Waals surface area (Å²) in [6.45, 7) is 11.3. The first-order chi connectivity index (χ1) is 20.2. The average molecular weight is 586 g/mol. The minimum absolute atomic E-state index is 0.250. The molecule has 1 aliphatic heterocycles. The van der Waals surface area contributed by atoms with Gasteiger partial charge in [-0.3, -0.25) is 4.90 Å². The number of para-hydroxylation sites is 3. The molecule has 2 aromatic carbocycles. The first kappa shape index (κ1) is 34.6. The Balaban J connectivity index is 0.000000675. The van der Waals surface area contributed by atoms with E-state index in [-0.39, 0.29) is 6.61 Å². The number of nitrogens with one attached hydrogen (secondary N) is 1. The van der Waals surface area contributed by atoms with Crippen LogP contribution in [0.15, 0.2) is 66.7 Å². The molecule has 232 valence electrons. The highest BCUT2D eigenvalue weighted by atomic mass is 16.5. The topological polar surface area (TPSA) is 132 Å². The van der Waals surface area contributed by atoms with Gasteiger partial charge in [0.1, 0.15) is 12.7 Å². The van der Waals surface area contributed by atoms with E-state index in [1.807, 2.05) is 24.3 Å². The predicted octanol–water partition coefficient (Wildman–Crippen LogP) is 3.90. The summed E-state index contributed by atoms with van der Waals surface area (Å²) >= 11 is 0. The number of aliphatic carboxylic acids is 2. The maximum absolute atomic E-state index is 10.1. The van der Waals surface area contributed by atoms with Crippen LogP contribution in [-0.2, 0) is 9.59 Å². The van der Waals surface area contributed by atoms with Crippen LogP contribution in [0.4, 0.5) is 5.69 Å². The third-order valence-electron chi connectivity index (χ3n) is 6.53. The van der Waals surface area contributed by atoms with Gasteiger partial charge < -0.3 is 35.0 Å². The van der Waals surface area contributed by atoms with Crippen molar-refractivity contribution in [1.29, 1.82) is 0 Å². The minimum Gasteiger partial charge on any atom is -0.490 e. The van der Waals surface area contributed by atoms with Gasteiger partial charge in [0.05, 0.1) is 6.61 Å². The van der Waals surface area contributed by atoms with Crippen LogP contribution in [0.1, 0.15) is 39.5 Å². The van der Waals surface area contributed by atoms with Crippen LogP contribution >= 0.6 is 0 Å². The molecule has 1 atom stereocenters. The van der Waals surface area contributed by atoms with Crippen molar-refractivity contribution in [3.05, 3.63) is 66.7 Å². The number of aliphatic hydroxyl groups is 1. The largest absolute Gasteiger partial charge is 0.490 e. The number of ether oxygens (including phenoxy) is 2. The lowest BCUT2D eigenvalue weighted by Gasteiger charge is -2.36. The first-order valence-electron chi connectivity index (χ1n) is 14.7. The van der Waals surface area contributed by atoms with E-state index in [0.717, 1.165) is 38.3 Å². The highest BCUT2D eigenvalue weighted by molar-refractivity contribution is 5.89. The van der Waals surface area contributed by atoms with Crippen molar-refractivity contribution in [2.45, 2.75) is 51.7 Å². The summed E-state index contributed by atoms with van der Waals surface area (Å²) in [5.41, 5.74) is 1.34. The zero-order valence-electron chi connectivity index (χ0n) is 24.9. The smallest absolute Gasteiger partial charge is 0.328 e. The normalized spacial score (nSPS) is 14.3. The summed E-state index contributed by atoms with van der Waals surface area (Å²) in [5.74, 6) is -1.07. The molecule has 4 N–H and O–H groups in total. The standard InChI is InChI=1S/C28H43N3O3.C4H4O4/c1-24(2)29-22-26(32)23-34-28-15-9-8-14-27(28)33-21-11-4-3-10-16-30-17-19-31(20-18-30)25-12-6-5-7-13-25;5-3(6)1-2-4(7)8/h5-9,12-15,24,26,29,32H,3-4,10-11,16-23H2,1-2H3;1-2H,(H,5,6)(H,7,8)/b;2-1+/t26-;/m0./s1. The predicted molar refractivity (Wildman–Crippen MR) is 165 cm³/mol. The second-order valence-corrected chi connectivity index (χ2v) is 10.4. The Morgan fingerprint density at radius 3 is 2.00 bits per heavy atom. The van der Waals surface area contributed by atoms with Gasteiger partial charge in [0.15, 0.2) is 11.5 Å². The molecule has 1 saturated heterocycles. The molecule has 42 heavy (non-hydrogen) atoms. The molecule has 10 heteroatoms. The van der Waals surface area contributed by atoms with Gasteiger partial charge >= 0.3 is 11.9 Å². The highest BCUT2D eigenvalue weighted by Gasteiger charge is 2.16. The minimum atomic E-state index is -1.26. The molecule has 0 radical (unpaired) electrons. The molecule has 0 aliphatic carbocycles. The molecular formula is C32H47N3O7. The molecule has 1 fully saturated rings. The van der Waals surface area contributed by atoms with Crippen LogP contribution in [0.2, 0.25) is 0 Å². The fourth-order valence-electron chi connectivity index (χ4n) is 4.29. The lowest BCUT2D eigenvalue weighted by atomic mass is 10.2. The Labute approximate surface area is 249 Å². The number of unbranched alkanes of at least 4 members (excludes halogenated alkanes) is 3. The van der Waals surface area contributed by atoms with Crippen LogP contribution in [0.5, 0.6) is 11.5 Å². The SMILES string of the molecule is CC(C)NC[C@H](O)COc1ccccc1OCCCCCCN1CCN(c2ccccc2)CC1.O=C(O)/C=C/C(=O)O. The highest BCUT2D eigenvalue weighted by Crippen LogP contribution is 2.27. The molecule has 3 rings (SSSR count). The van der Waals surface area contributed by atoms with Crippen molar-refractivity contribution >= 4 is 17.6 Å². The Hall–Kier alpha value is -3.60. The number of carboxylic acid groups (broad SMARTS) is 2. The summed E-state index contributed by atoms with van der Waals surface area (Å²) in [7, 11) is 0. The number of piperazine rings is 1. The summed E-state index contributed by atoms with van der Waals surface area (Å²) in [6, 6.07) is 18.8. The molecule has 10 nitrogen and oxygen atoms in total. The Kier molecular flexibility index (Phi) is 16.7. The van der Waals surface area contributed by atoms with Crippen molar-refractivity contribution in [2.75, 3.05) is 57.4 Å². The second-order valence-electron chi connectivity index (χ2n) is 10.4. The first-order valence-corrected chi connectivity index (χ1v) is 14.7. The number of carboxylic acids is 2. The van der Waals surface area contributed by atoms with Gasteiger partial charge in [-0.1, -0.05) is 57.0 Å². The fraction of sp³-hybridized carbons (Fsp3) is 0.500. The summed E-state index contributed by atoms with van der Waals surface area (Å²) in [5, 5.41) is 28.9. The lowest BCUT2D eigenvalue weighted by Crippen LogP contribution is -2.46. The molecule has 0 aromatic heterocycles. The number of hydrogen-bond donors (Lipinski definition) is 4. The van der Waals surface area contributed by atoms with Gasteiger partial charge in [-0.25, -0.2) is 9.59 Å². The van der Waals surface area contributed by atoms with Crippen molar-refractivity contribution < 1.29 is 34.4 Å². The Morgan fingerprint density at radius 1 is 0.833 bits per heavy atom. The Bertz CT molecular complexity index is 1040. The number of hydrogen-bond acceptors (Lipinski definition) is 8. The van der Waals surface area contributed by atoms with E-state index in [2.05, 4.69) is 59.3 Å². The zero-order valence-corrected chi connectivity index (χ0v) is 24.9. The summed E-state index contributed by atoms with van der Waals surface area (Å²) in [4.78, 5) is 24.2. The molecule has 0 spiro atoms. The number of anilines is 1. The Morgan fingerprint density at radius 2 is 1.40 bits per heavy atom. The third-order valence-corrected chi connectivity index (χ3v) is 6.53. The number of benzene rings is 2. The van der Waals surface area contributed by atoms with Gasteiger partial charge in [-0.05, 0) is 43.7 Å². The summed E-state index contributed by atoms with van der Waals surface area (Å²) in [6.07, 6.45) is 5.26. The van der Waals surface area contributed by atoms with Gasteiger partial charge in [-0.15, -0.1) is 0 Å². The van der Waals surface area contributed by atoms with Crippen LogP contribution < -0.4 is 19.7 Å². The number of aliphatic hydroxyl groups excluding tert-OH is 1. The monoisotopic (exact) mass is 585 g/mol. The molecule has 1 aliphatic rings. The number of carbonyl (C=O) groups is 2. The van der Waals surface area contributed by atoms with Gasteiger partial charge in [-0.2, -0.15) is 0 Å². The van der Waals surface area contributed by atoms with Crippen molar-refractivity contribution in [3.63, 3.8) is 0 Å². The van der Waals surface area contributed by atoms with E-state index in [1.54, 1.807) is 0 Å². The van der Waals surface area contributed by atoms with E-state index < -0.39 is 18.0 Å². The maximum Gasteiger partial charge on any atom is 0.328 e.